The maximum absolute atomic E-state index is 2.42. The molecular weight excluding hydrogens is 288 g/mol. The summed E-state index contributed by atoms with van der Waals surface area (Å²) >= 11 is 0. The van der Waals surface area contributed by atoms with E-state index in [9.17, 15) is 0 Å². The number of allylic oxidation sites excluding steroid dienone is 3. The Bertz CT molecular complexity index is 532. The fraction of sp³-hybridized carbons (Fsp3) is 0.583. The van der Waals surface area contributed by atoms with Crippen molar-refractivity contribution in [2.24, 2.45) is 17.8 Å². The van der Waals surface area contributed by atoms with Crippen LogP contribution in [0.5, 0.6) is 0 Å². The van der Waals surface area contributed by atoms with Crippen LogP contribution < -0.4 is 0 Å². The van der Waals surface area contributed by atoms with E-state index in [1.807, 2.05) is 0 Å². The van der Waals surface area contributed by atoms with Crippen molar-refractivity contribution in [3.8, 4) is 0 Å². The molecule has 0 atom stereocenters. The van der Waals surface area contributed by atoms with Crippen LogP contribution in [0.2, 0.25) is 0 Å². The van der Waals surface area contributed by atoms with Crippen molar-refractivity contribution in [3.05, 3.63) is 53.6 Å². The molecular formula is C24H34. The van der Waals surface area contributed by atoms with E-state index in [0.717, 1.165) is 23.7 Å². The Labute approximate surface area is 149 Å². The minimum atomic E-state index is 0.799. The van der Waals surface area contributed by atoms with Gasteiger partial charge < -0.3 is 0 Å². The fourth-order valence-corrected chi connectivity index (χ4v) is 4.34. The quantitative estimate of drug-likeness (QED) is 0.507. The molecule has 2 saturated carbocycles. The van der Waals surface area contributed by atoms with Gasteiger partial charge in [0.25, 0.3) is 0 Å². The lowest BCUT2D eigenvalue weighted by Gasteiger charge is -2.26. The summed E-state index contributed by atoms with van der Waals surface area (Å²) in [7, 11) is 0. The highest BCUT2D eigenvalue weighted by atomic mass is 14.2. The molecule has 0 unspecified atom stereocenters. The van der Waals surface area contributed by atoms with Crippen LogP contribution in [0, 0.1) is 17.8 Å². The third-order valence-corrected chi connectivity index (χ3v) is 6.27. The van der Waals surface area contributed by atoms with Gasteiger partial charge in [0, 0.05) is 0 Å². The lowest BCUT2D eigenvalue weighted by atomic mass is 9.79. The van der Waals surface area contributed by atoms with Gasteiger partial charge in [-0.05, 0) is 60.5 Å². The van der Waals surface area contributed by atoms with Crippen molar-refractivity contribution < 1.29 is 0 Å². The van der Waals surface area contributed by atoms with E-state index in [1.54, 1.807) is 5.56 Å². The van der Waals surface area contributed by atoms with Gasteiger partial charge in [-0.1, -0.05) is 88.1 Å². The van der Waals surface area contributed by atoms with Crippen molar-refractivity contribution >= 4 is 6.08 Å². The Kier molecular flexibility index (Phi) is 6.35. The summed E-state index contributed by atoms with van der Waals surface area (Å²) in [6.07, 6.45) is 20.2. The normalized spacial score (nSPS) is 31.8. The van der Waals surface area contributed by atoms with Crippen molar-refractivity contribution in [2.45, 2.75) is 71.1 Å². The molecule has 3 rings (SSSR count). The highest BCUT2D eigenvalue weighted by Crippen LogP contribution is 2.35. The van der Waals surface area contributed by atoms with Crippen LogP contribution in [0.4, 0.5) is 0 Å². The van der Waals surface area contributed by atoms with Gasteiger partial charge in [0.1, 0.15) is 0 Å². The molecule has 1 aromatic rings. The first-order valence-corrected chi connectivity index (χ1v) is 10.2. The van der Waals surface area contributed by atoms with Crippen LogP contribution in [0.3, 0.4) is 0 Å². The van der Waals surface area contributed by atoms with Crippen molar-refractivity contribution in [2.75, 3.05) is 0 Å². The predicted octanol–water partition coefficient (Wildman–Crippen LogP) is 7.38. The summed E-state index contributed by atoms with van der Waals surface area (Å²) in [5.74, 6) is 3.48. The zero-order valence-corrected chi connectivity index (χ0v) is 15.6. The molecule has 2 aliphatic rings. The van der Waals surface area contributed by atoms with Gasteiger partial charge in [0.2, 0.25) is 0 Å². The molecule has 24 heavy (non-hydrogen) atoms. The van der Waals surface area contributed by atoms with Gasteiger partial charge in [-0.25, -0.2) is 0 Å². The van der Waals surface area contributed by atoms with Crippen LogP contribution >= 0.6 is 0 Å². The number of hydrogen-bond acceptors (Lipinski definition) is 0. The van der Waals surface area contributed by atoms with Crippen molar-refractivity contribution in [1.82, 2.24) is 0 Å². The monoisotopic (exact) mass is 322 g/mol. The zero-order chi connectivity index (χ0) is 16.8. The molecule has 0 heterocycles. The van der Waals surface area contributed by atoms with Crippen LogP contribution in [-0.2, 0) is 0 Å². The van der Waals surface area contributed by atoms with E-state index in [2.05, 4.69) is 62.4 Å². The molecule has 1 aromatic carbocycles. The summed E-state index contributed by atoms with van der Waals surface area (Å²) < 4.78 is 0. The second-order valence-electron chi connectivity index (χ2n) is 8.39. The highest BCUT2D eigenvalue weighted by Gasteiger charge is 2.19. The third-order valence-electron chi connectivity index (χ3n) is 6.27. The van der Waals surface area contributed by atoms with Gasteiger partial charge in [-0.3, -0.25) is 0 Å². The number of rotatable bonds is 4. The number of hydrogen-bond donors (Lipinski definition) is 0. The minimum absolute atomic E-state index is 0.799. The van der Waals surface area contributed by atoms with Gasteiger partial charge >= 0.3 is 0 Å². The van der Waals surface area contributed by atoms with Crippen LogP contribution in [-0.4, -0.2) is 0 Å². The first-order valence-electron chi connectivity index (χ1n) is 10.2. The summed E-state index contributed by atoms with van der Waals surface area (Å²) in [6.45, 7) is 4.78. The average Bonchev–Trinajstić information content (AvgIpc) is 2.62. The fourth-order valence-electron chi connectivity index (χ4n) is 4.34. The molecule has 0 bridgehead atoms. The average molecular weight is 323 g/mol. The Morgan fingerprint density at radius 2 is 1.29 bits per heavy atom. The highest BCUT2D eigenvalue weighted by molar-refractivity contribution is 5.51. The van der Waals surface area contributed by atoms with Crippen LogP contribution in [0.25, 0.3) is 6.08 Å². The van der Waals surface area contributed by atoms with Crippen LogP contribution in [0.15, 0.2) is 42.5 Å². The number of benzene rings is 1. The molecule has 0 aliphatic heterocycles. The summed E-state index contributed by atoms with van der Waals surface area (Å²) in [4.78, 5) is 0. The molecule has 0 heteroatoms. The second kappa shape index (κ2) is 8.70. The Hall–Kier alpha value is -1.30. The second-order valence-corrected chi connectivity index (χ2v) is 8.39. The molecule has 130 valence electrons. The molecule has 0 saturated heterocycles. The SMILES string of the molecule is CC1CCC(C=CC=Cc2ccc(C3CCC(C)CC3)cc2)CC1. The molecule has 0 aromatic heterocycles. The zero-order valence-electron chi connectivity index (χ0n) is 15.6. The maximum Gasteiger partial charge on any atom is -0.0162 e. The maximum atomic E-state index is 2.42. The largest absolute Gasteiger partial charge is 0.0814 e. The topological polar surface area (TPSA) is 0 Å². The molecule has 2 fully saturated rings. The van der Waals surface area contributed by atoms with Gasteiger partial charge in [-0.2, -0.15) is 0 Å². The van der Waals surface area contributed by atoms with E-state index in [0.29, 0.717) is 0 Å². The molecule has 0 nitrogen and oxygen atoms in total. The van der Waals surface area contributed by atoms with Gasteiger partial charge in [0.15, 0.2) is 0 Å². The van der Waals surface area contributed by atoms with Crippen molar-refractivity contribution in [3.63, 3.8) is 0 Å². The van der Waals surface area contributed by atoms with Gasteiger partial charge in [-0.15, -0.1) is 0 Å². The third kappa shape index (κ3) is 5.10. The molecule has 0 N–H and O–H groups in total. The van der Waals surface area contributed by atoms with E-state index in [-0.39, 0.29) is 0 Å². The standard InChI is InChI=1S/C24H34/c1-19-7-11-21(12-8-19)5-3-4-6-22-13-17-24(18-14-22)23-15-9-20(2)10-16-23/h3-6,13-14,17-21,23H,7-12,15-16H2,1-2H3. The van der Waals surface area contributed by atoms with Crippen LogP contribution in [0.1, 0.15) is 82.3 Å². The minimum Gasteiger partial charge on any atom is -0.0814 e. The summed E-state index contributed by atoms with van der Waals surface area (Å²) in [5, 5.41) is 0. The molecule has 0 radical (unpaired) electrons. The summed E-state index contributed by atoms with van der Waals surface area (Å²) in [5.41, 5.74) is 2.87. The van der Waals surface area contributed by atoms with Gasteiger partial charge in [0.05, 0.1) is 0 Å². The van der Waals surface area contributed by atoms with E-state index in [1.165, 1.54) is 56.9 Å². The van der Waals surface area contributed by atoms with Crippen molar-refractivity contribution in [1.29, 1.82) is 0 Å². The lowest BCUT2D eigenvalue weighted by molar-refractivity contribution is 0.330. The van der Waals surface area contributed by atoms with E-state index < -0.39 is 0 Å². The Morgan fingerprint density at radius 3 is 1.92 bits per heavy atom. The first kappa shape index (κ1) is 17.5. The first-order chi connectivity index (χ1) is 11.7. The lowest BCUT2D eigenvalue weighted by Crippen LogP contribution is -2.10. The predicted molar refractivity (Wildman–Crippen MR) is 106 cm³/mol. The molecule has 0 amide bonds. The molecule has 2 aliphatic carbocycles. The molecule has 0 spiro atoms. The smallest absolute Gasteiger partial charge is 0.0162 e. The van der Waals surface area contributed by atoms with E-state index in [4.69, 9.17) is 0 Å². The Morgan fingerprint density at radius 1 is 0.708 bits per heavy atom. The summed E-state index contributed by atoms with van der Waals surface area (Å²) in [6, 6.07) is 9.29. The Balaban J connectivity index is 1.48. The van der Waals surface area contributed by atoms with E-state index >= 15 is 0 Å².